The fraction of sp³-hybridized carbons (Fsp3) is 0.143. The largest absolute Gasteiger partial charge is 0.310 e. The molecule has 0 bridgehead atoms. The average molecular weight is 342 g/mol. The maximum absolute atomic E-state index is 12.8. The van der Waals surface area contributed by atoms with E-state index >= 15 is 0 Å². The Labute approximate surface area is 152 Å². The van der Waals surface area contributed by atoms with Crippen LogP contribution in [0.25, 0.3) is 11.5 Å². The summed E-state index contributed by atoms with van der Waals surface area (Å²) in [4.78, 5) is 25.6. The van der Waals surface area contributed by atoms with E-state index in [-0.39, 0.29) is 5.91 Å². The molecule has 0 saturated heterocycles. The van der Waals surface area contributed by atoms with E-state index in [4.69, 9.17) is 6.42 Å². The van der Waals surface area contributed by atoms with Crippen molar-refractivity contribution in [2.24, 2.45) is 0 Å². The molecule has 5 nitrogen and oxygen atoms in total. The van der Waals surface area contributed by atoms with E-state index in [0.29, 0.717) is 17.3 Å². The molecule has 0 aliphatic carbocycles. The molecule has 3 aromatic rings. The van der Waals surface area contributed by atoms with E-state index in [9.17, 15) is 4.79 Å². The van der Waals surface area contributed by atoms with E-state index in [1.54, 1.807) is 18.5 Å². The van der Waals surface area contributed by atoms with Crippen LogP contribution in [0.15, 0.2) is 60.9 Å². The molecule has 1 aromatic carbocycles. The second kappa shape index (κ2) is 7.16. The fourth-order valence-electron chi connectivity index (χ4n) is 2.43. The molecule has 26 heavy (non-hydrogen) atoms. The molecule has 0 fully saturated rings. The predicted octanol–water partition coefficient (Wildman–Crippen LogP) is 3.44. The minimum Gasteiger partial charge on any atom is -0.310 e. The van der Waals surface area contributed by atoms with Gasteiger partial charge in [0, 0.05) is 18.0 Å². The van der Waals surface area contributed by atoms with Gasteiger partial charge in [0.2, 0.25) is 5.91 Å². The van der Waals surface area contributed by atoms with Gasteiger partial charge in [0.25, 0.3) is 0 Å². The Bertz CT molecular complexity index is 957. The Morgan fingerprint density at radius 3 is 2.46 bits per heavy atom. The minimum absolute atomic E-state index is 0.170. The number of carbonyl (C=O) groups is 1. The van der Waals surface area contributed by atoms with Gasteiger partial charge in [-0.05, 0) is 49.7 Å². The van der Waals surface area contributed by atoms with Crippen molar-refractivity contribution in [1.82, 2.24) is 15.0 Å². The van der Waals surface area contributed by atoms with Crippen LogP contribution >= 0.6 is 0 Å². The quantitative estimate of drug-likeness (QED) is 0.738. The molecule has 0 unspecified atom stereocenters. The Balaban J connectivity index is 1.82. The van der Waals surface area contributed by atoms with Crippen molar-refractivity contribution in [2.45, 2.75) is 19.3 Å². The summed E-state index contributed by atoms with van der Waals surface area (Å²) in [5.41, 5.74) is 1.55. The number of nitrogens with zero attached hydrogens (tertiary/aromatic N) is 3. The van der Waals surface area contributed by atoms with Crippen molar-refractivity contribution in [3.05, 3.63) is 72.1 Å². The number of amides is 1. The van der Waals surface area contributed by atoms with Crippen LogP contribution in [0.1, 0.15) is 25.0 Å². The molecular weight excluding hydrogens is 324 g/mol. The average Bonchev–Trinajstić information content (AvgIpc) is 2.69. The molecule has 0 radical (unpaired) electrons. The number of anilines is 1. The number of aromatic nitrogens is 3. The third-order valence-corrected chi connectivity index (χ3v) is 4.13. The number of hydrogen-bond acceptors (Lipinski definition) is 4. The van der Waals surface area contributed by atoms with Gasteiger partial charge in [0.1, 0.15) is 11.5 Å². The molecule has 0 aliphatic rings. The van der Waals surface area contributed by atoms with E-state index in [1.165, 1.54) is 0 Å². The highest BCUT2D eigenvalue weighted by Crippen LogP contribution is 2.25. The van der Waals surface area contributed by atoms with Gasteiger partial charge in [-0.25, -0.2) is 9.97 Å². The number of nitrogens with one attached hydrogen (secondary N) is 1. The minimum atomic E-state index is -0.747. The van der Waals surface area contributed by atoms with Crippen molar-refractivity contribution in [3.63, 3.8) is 0 Å². The molecule has 3 rings (SSSR count). The van der Waals surface area contributed by atoms with Gasteiger partial charge in [-0.3, -0.25) is 9.78 Å². The molecule has 1 N–H and O–H groups in total. The maximum atomic E-state index is 12.8. The van der Waals surface area contributed by atoms with Crippen molar-refractivity contribution >= 4 is 11.7 Å². The summed E-state index contributed by atoms with van der Waals surface area (Å²) >= 11 is 0. The van der Waals surface area contributed by atoms with Crippen molar-refractivity contribution in [1.29, 1.82) is 0 Å². The zero-order chi connectivity index (χ0) is 18.6. The van der Waals surface area contributed by atoms with Crippen LogP contribution in [0.4, 0.5) is 5.82 Å². The first-order valence-electron chi connectivity index (χ1n) is 8.14. The number of benzene rings is 1. The lowest BCUT2D eigenvalue weighted by Crippen LogP contribution is -2.35. The highest BCUT2D eigenvalue weighted by molar-refractivity contribution is 5.98. The first-order valence-corrected chi connectivity index (χ1v) is 8.14. The lowest BCUT2D eigenvalue weighted by molar-refractivity contribution is -0.120. The third-order valence-electron chi connectivity index (χ3n) is 4.13. The smallest absolute Gasteiger partial charge is 0.235 e. The van der Waals surface area contributed by atoms with Crippen LogP contribution < -0.4 is 5.32 Å². The van der Waals surface area contributed by atoms with E-state index in [2.05, 4.69) is 26.2 Å². The highest BCUT2D eigenvalue weighted by atomic mass is 16.2. The summed E-state index contributed by atoms with van der Waals surface area (Å²) in [6, 6.07) is 14.5. The van der Waals surface area contributed by atoms with Gasteiger partial charge in [-0.2, -0.15) is 0 Å². The Hall–Kier alpha value is -3.52. The molecule has 1 amide bonds. The van der Waals surface area contributed by atoms with Crippen LogP contribution in [0, 0.1) is 12.3 Å². The van der Waals surface area contributed by atoms with Crippen LogP contribution in [-0.4, -0.2) is 20.9 Å². The van der Waals surface area contributed by atoms with Crippen molar-refractivity contribution < 1.29 is 4.79 Å². The van der Waals surface area contributed by atoms with E-state index in [0.717, 1.165) is 11.1 Å². The van der Waals surface area contributed by atoms with Crippen molar-refractivity contribution in [3.8, 4) is 23.9 Å². The van der Waals surface area contributed by atoms with Gasteiger partial charge in [0.15, 0.2) is 5.82 Å². The topological polar surface area (TPSA) is 67.8 Å². The number of hydrogen-bond donors (Lipinski definition) is 1. The molecule has 0 aliphatic heterocycles. The lowest BCUT2D eigenvalue weighted by Gasteiger charge is -2.24. The molecule has 2 heterocycles. The molecule has 0 saturated carbocycles. The van der Waals surface area contributed by atoms with Gasteiger partial charge < -0.3 is 5.32 Å². The van der Waals surface area contributed by atoms with Gasteiger partial charge >= 0.3 is 0 Å². The van der Waals surface area contributed by atoms with Crippen LogP contribution in [0.3, 0.4) is 0 Å². The fourth-order valence-corrected chi connectivity index (χ4v) is 2.43. The monoisotopic (exact) mass is 342 g/mol. The van der Waals surface area contributed by atoms with Gasteiger partial charge in [-0.1, -0.05) is 24.1 Å². The summed E-state index contributed by atoms with van der Waals surface area (Å²) in [5, 5.41) is 2.86. The van der Waals surface area contributed by atoms with Crippen LogP contribution in [0.2, 0.25) is 0 Å². The zero-order valence-electron chi connectivity index (χ0n) is 14.6. The molecular formula is C21H18N4O. The van der Waals surface area contributed by atoms with Crippen LogP contribution in [0.5, 0.6) is 0 Å². The molecule has 0 atom stereocenters. The van der Waals surface area contributed by atoms with Gasteiger partial charge in [0.05, 0.1) is 5.41 Å². The second-order valence-corrected chi connectivity index (χ2v) is 6.28. The third kappa shape index (κ3) is 3.60. The molecule has 5 heteroatoms. The normalized spacial score (nSPS) is 10.8. The Kier molecular flexibility index (Phi) is 4.76. The Morgan fingerprint density at radius 2 is 1.81 bits per heavy atom. The lowest BCUT2D eigenvalue weighted by atomic mass is 9.83. The molecule has 0 spiro atoms. The maximum Gasteiger partial charge on any atom is 0.235 e. The summed E-state index contributed by atoms with van der Waals surface area (Å²) in [5.74, 6) is 3.29. The summed E-state index contributed by atoms with van der Waals surface area (Å²) in [6.45, 7) is 3.71. The van der Waals surface area contributed by atoms with E-state index in [1.807, 2.05) is 56.3 Å². The number of pyridine rings is 1. The number of terminal acetylenes is 1. The van der Waals surface area contributed by atoms with Crippen LogP contribution in [-0.2, 0) is 10.2 Å². The van der Waals surface area contributed by atoms with E-state index < -0.39 is 5.41 Å². The Morgan fingerprint density at radius 1 is 1.04 bits per heavy atom. The first kappa shape index (κ1) is 17.3. The molecule has 128 valence electrons. The molecule has 2 aromatic heterocycles. The standard InChI is InChI=1S/C21H18N4O/c1-4-15-8-10-16(11-9-15)21(2,3)20(26)25-18-12-14-23-19(24-18)17-7-5-6-13-22-17/h1,5-14H,2-3H3,(H,23,24,25,26). The summed E-state index contributed by atoms with van der Waals surface area (Å²) < 4.78 is 0. The summed E-state index contributed by atoms with van der Waals surface area (Å²) in [7, 11) is 0. The SMILES string of the molecule is C#Cc1ccc(C(C)(C)C(=O)Nc2ccnc(-c3ccccn3)n2)cc1. The number of rotatable bonds is 4. The zero-order valence-corrected chi connectivity index (χ0v) is 14.6. The second-order valence-electron chi connectivity index (χ2n) is 6.28. The first-order chi connectivity index (χ1) is 12.5. The highest BCUT2D eigenvalue weighted by Gasteiger charge is 2.30. The van der Waals surface area contributed by atoms with Crippen molar-refractivity contribution in [2.75, 3.05) is 5.32 Å². The predicted molar refractivity (Wildman–Crippen MR) is 101 cm³/mol. The van der Waals surface area contributed by atoms with Gasteiger partial charge in [-0.15, -0.1) is 6.42 Å². The number of carbonyl (C=O) groups excluding carboxylic acids is 1. The summed E-state index contributed by atoms with van der Waals surface area (Å²) in [6.07, 6.45) is 8.66.